The molecule has 200 valence electrons. The second-order valence-corrected chi connectivity index (χ2v) is 13.4. The van der Waals surface area contributed by atoms with Gasteiger partial charge in [-0.1, -0.05) is 97.1 Å². The van der Waals surface area contributed by atoms with Crippen LogP contribution < -0.4 is 0 Å². The van der Waals surface area contributed by atoms with E-state index in [1.54, 1.807) is 0 Å². The normalized spacial score (nSPS) is 12.2. The first-order valence-corrected chi connectivity index (χ1v) is 16.0. The maximum absolute atomic E-state index is 5.34. The molecule has 0 fully saturated rings. The van der Waals surface area contributed by atoms with Gasteiger partial charge in [0.2, 0.25) is 5.95 Å². The lowest BCUT2D eigenvalue weighted by Gasteiger charge is -2.13. The third-order valence-electron chi connectivity index (χ3n) is 8.64. The summed E-state index contributed by atoms with van der Waals surface area (Å²) in [4.78, 5) is 10.7. The van der Waals surface area contributed by atoms with Crippen LogP contribution in [0.1, 0.15) is 0 Å². The zero-order valence-corrected chi connectivity index (χ0v) is 24.4. The van der Waals surface area contributed by atoms with E-state index in [1.165, 1.54) is 45.7 Å². The maximum atomic E-state index is 5.34. The summed E-state index contributed by atoms with van der Waals surface area (Å²) >= 11 is 3.77. The Morgan fingerprint density at radius 2 is 1.23 bits per heavy atom. The molecule has 0 aliphatic rings. The Balaban J connectivity index is 1.35. The van der Waals surface area contributed by atoms with Gasteiger partial charge in [0, 0.05) is 52.7 Å². The van der Waals surface area contributed by atoms with E-state index in [0.29, 0.717) is 5.95 Å². The van der Waals surface area contributed by atoms with Crippen molar-refractivity contribution >= 4 is 95.7 Å². The molecule has 0 saturated carbocycles. The molecule has 4 aromatic heterocycles. The summed E-state index contributed by atoms with van der Waals surface area (Å²) in [6.45, 7) is 0. The molecular formula is C38H21N3S2. The predicted molar refractivity (Wildman–Crippen MR) is 185 cm³/mol. The maximum Gasteiger partial charge on any atom is 0.235 e. The van der Waals surface area contributed by atoms with Crippen molar-refractivity contribution in [2.75, 3.05) is 0 Å². The third-order valence-corrected chi connectivity index (χ3v) is 11.0. The number of aromatic nitrogens is 3. The minimum Gasteiger partial charge on any atom is -0.278 e. The fraction of sp³-hybridized carbons (Fsp3) is 0. The first-order chi connectivity index (χ1) is 21.3. The number of para-hydroxylation sites is 1. The quantitative estimate of drug-likeness (QED) is 0.190. The molecule has 43 heavy (non-hydrogen) atoms. The first kappa shape index (κ1) is 23.5. The smallest absolute Gasteiger partial charge is 0.235 e. The van der Waals surface area contributed by atoms with Gasteiger partial charge in [-0.15, -0.1) is 22.7 Å². The Labute approximate surface area is 253 Å². The molecule has 0 spiro atoms. The van der Waals surface area contributed by atoms with Crippen molar-refractivity contribution in [2.45, 2.75) is 0 Å². The van der Waals surface area contributed by atoms with E-state index in [0.717, 1.165) is 38.6 Å². The molecule has 0 unspecified atom stereocenters. The summed E-state index contributed by atoms with van der Waals surface area (Å²) in [6, 6.07) is 45.5. The summed E-state index contributed by atoms with van der Waals surface area (Å²) in [5.41, 5.74) is 5.24. The van der Waals surface area contributed by atoms with Crippen LogP contribution in [0.2, 0.25) is 0 Å². The van der Waals surface area contributed by atoms with Crippen LogP contribution >= 0.6 is 22.7 Å². The van der Waals surface area contributed by atoms with Crippen LogP contribution in [0.15, 0.2) is 127 Å². The van der Waals surface area contributed by atoms with Gasteiger partial charge in [-0.05, 0) is 35.7 Å². The number of hydrogen-bond donors (Lipinski definition) is 0. The molecule has 0 N–H and O–H groups in total. The molecule has 0 atom stereocenters. The van der Waals surface area contributed by atoms with Crippen molar-refractivity contribution in [2.24, 2.45) is 0 Å². The Morgan fingerprint density at radius 1 is 0.488 bits per heavy atom. The van der Waals surface area contributed by atoms with E-state index in [-0.39, 0.29) is 0 Å². The van der Waals surface area contributed by atoms with Crippen LogP contribution in [0.25, 0.3) is 90.3 Å². The van der Waals surface area contributed by atoms with Crippen molar-refractivity contribution in [3.05, 3.63) is 127 Å². The lowest BCUT2D eigenvalue weighted by Crippen LogP contribution is -2.03. The lowest BCUT2D eigenvalue weighted by molar-refractivity contribution is 1.02. The highest BCUT2D eigenvalue weighted by Gasteiger charge is 2.20. The lowest BCUT2D eigenvalue weighted by atomic mass is 10.0. The van der Waals surface area contributed by atoms with Crippen LogP contribution in [-0.4, -0.2) is 14.5 Å². The summed E-state index contributed by atoms with van der Waals surface area (Å²) in [5, 5.41) is 9.84. The molecule has 10 aromatic rings. The summed E-state index contributed by atoms with van der Waals surface area (Å²) in [7, 11) is 0. The molecule has 5 heteroatoms. The van der Waals surface area contributed by atoms with E-state index in [9.17, 15) is 0 Å². The van der Waals surface area contributed by atoms with Crippen molar-refractivity contribution in [3.8, 4) is 17.2 Å². The highest BCUT2D eigenvalue weighted by atomic mass is 32.2. The fourth-order valence-electron chi connectivity index (χ4n) is 6.71. The minimum absolute atomic E-state index is 0.692. The van der Waals surface area contributed by atoms with E-state index < -0.39 is 0 Å². The Hall–Kier alpha value is -5.10. The largest absolute Gasteiger partial charge is 0.278 e. The monoisotopic (exact) mass is 583 g/mol. The number of fused-ring (bicyclic) bond motifs is 11. The van der Waals surface area contributed by atoms with Gasteiger partial charge in [0.1, 0.15) is 0 Å². The second kappa shape index (κ2) is 8.71. The molecule has 0 radical (unpaired) electrons. The SMILES string of the molecule is c1ccc(-c2nc(-n3c4ccccc4c4cc5c(cc43)sc3sc4ccccc4c35)nc3c2ccc2ccccc23)cc1. The van der Waals surface area contributed by atoms with Crippen molar-refractivity contribution in [1.29, 1.82) is 0 Å². The first-order valence-electron chi connectivity index (χ1n) is 14.3. The van der Waals surface area contributed by atoms with Crippen LogP contribution in [0, 0.1) is 0 Å². The van der Waals surface area contributed by atoms with Crippen LogP contribution in [0.5, 0.6) is 0 Å². The molecule has 0 saturated heterocycles. The van der Waals surface area contributed by atoms with Gasteiger partial charge in [-0.2, -0.15) is 0 Å². The molecule has 10 rings (SSSR count). The molecule has 6 aromatic carbocycles. The van der Waals surface area contributed by atoms with Gasteiger partial charge in [0.25, 0.3) is 0 Å². The number of thiophene rings is 2. The Kier molecular flexibility index (Phi) is 4.75. The average Bonchev–Trinajstić information content (AvgIpc) is 3.71. The van der Waals surface area contributed by atoms with E-state index in [2.05, 4.69) is 132 Å². The number of hydrogen-bond acceptors (Lipinski definition) is 4. The number of rotatable bonds is 2. The van der Waals surface area contributed by atoms with Crippen LogP contribution in [0.3, 0.4) is 0 Å². The molecule has 3 nitrogen and oxygen atoms in total. The van der Waals surface area contributed by atoms with Crippen LogP contribution in [0.4, 0.5) is 0 Å². The van der Waals surface area contributed by atoms with Gasteiger partial charge in [0.05, 0.1) is 26.3 Å². The van der Waals surface area contributed by atoms with E-state index in [4.69, 9.17) is 9.97 Å². The van der Waals surface area contributed by atoms with E-state index in [1.807, 2.05) is 22.7 Å². The highest BCUT2D eigenvalue weighted by molar-refractivity contribution is 7.44. The standard InChI is InChI=1S/C38H21N3S2/c1-2-11-23(12-3-1)35-27-19-18-22-10-4-5-13-24(22)36(27)40-38(39-35)41-30-16-8-6-14-25(30)28-20-29-33(21-31(28)41)43-37-34(29)26-15-7-9-17-32(26)42-37/h1-21H. The van der Waals surface area contributed by atoms with Crippen LogP contribution in [-0.2, 0) is 0 Å². The Bertz CT molecular complexity index is 2730. The molecule has 0 aliphatic carbocycles. The topological polar surface area (TPSA) is 30.7 Å². The van der Waals surface area contributed by atoms with Gasteiger partial charge in [-0.25, -0.2) is 9.97 Å². The summed E-state index contributed by atoms with van der Waals surface area (Å²) in [6.07, 6.45) is 0. The number of benzene rings is 6. The molecule has 0 amide bonds. The average molecular weight is 584 g/mol. The molecule has 0 bridgehead atoms. The summed E-state index contributed by atoms with van der Waals surface area (Å²) < 4.78 is 6.28. The zero-order valence-electron chi connectivity index (χ0n) is 22.8. The van der Waals surface area contributed by atoms with Gasteiger partial charge < -0.3 is 0 Å². The van der Waals surface area contributed by atoms with Gasteiger partial charge in [0.15, 0.2) is 0 Å². The fourth-order valence-corrected chi connectivity index (χ4v) is 9.33. The zero-order chi connectivity index (χ0) is 28.1. The van der Waals surface area contributed by atoms with Crippen molar-refractivity contribution in [3.63, 3.8) is 0 Å². The van der Waals surface area contributed by atoms with Crippen molar-refractivity contribution < 1.29 is 0 Å². The van der Waals surface area contributed by atoms with Gasteiger partial charge in [-0.3, -0.25) is 4.57 Å². The van der Waals surface area contributed by atoms with Gasteiger partial charge >= 0.3 is 0 Å². The molecular weight excluding hydrogens is 563 g/mol. The Morgan fingerprint density at radius 3 is 2.14 bits per heavy atom. The minimum atomic E-state index is 0.692. The molecule has 4 heterocycles. The number of nitrogens with zero attached hydrogens (tertiary/aromatic N) is 3. The van der Waals surface area contributed by atoms with Crippen molar-refractivity contribution in [1.82, 2.24) is 14.5 Å². The highest BCUT2D eigenvalue weighted by Crippen LogP contribution is 2.46. The third kappa shape index (κ3) is 3.29. The summed E-state index contributed by atoms with van der Waals surface area (Å²) in [5.74, 6) is 0.692. The van der Waals surface area contributed by atoms with E-state index >= 15 is 0 Å². The predicted octanol–water partition coefficient (Wildman–Crippen LogP) is 11.1. The molecule has 0 aliphatic heterocycles. The second-order valence-electron chi connectivity index (χ2n) is 11.0.